The van der Waals surface area contributed by atoms with Crippen LogP contribution in [0.1, 0.15) is 65.2 Å². The van der Waals surface area contributed by atoms with Crippen LogP contribution in [0.25, 0.3) is 0 Å². The number of hydrogen-bond acceptors (Lipinski definition) is 2. The van der Waals surface area contributed by atoms with Crippen molar-refractivity contribution in [2.24, 2.45) is 11.8 Å². The highest BCUT2D eigenvalue weighted by Crippen LogP contribution is 2.35. The SMILES string of the molecule is CCCC(CCC)C1CCC(OC=O)CC1. The van der Waals surface area contributed by atoms with E-state index in [1.807, 2.05) is 0 Å². The molecule has 1 rings (SSSR count). The highest BCUT2D eigenvalue weighted by Gasteiger charge is 2.27. The Labute approximate surface area is 99.8 Å². The van der Waals surface area contributed by atoms with Crippen LogP contribution in [0.4, 0.5) is 0 Å². The second-order valence-electron chi connectivity index (χ2n) is 5.11. The van der Waals surface area contributed by atoms with E-state index >= 15 is 0 Å². The Balaban J connectivity index is 2.34. The van der Waals surface area contributed by atoms with Crippen molar-refractivity contribution in [3.63, 3.8) is 0 Å². The second kappa shape index (κ2) is 7.70. The fourth-order valence-corrected chi connectivity index (χ4v) is 3.13. The van der Waals surface area contributed by atoms with Gasteiger partial charge in [-0.15, -0.1) is 0 Å². The molecule has 0 saturated heterocycles. The maximum absolute atomic E-state index is 10.3. The molecule has 0 heterocycles. The lowest BCUT2D eigenvalue weighted by Crippen LogP contribution is -2.26. The molecular formula is C14H26O2. The second-order valence-corrected chi connectivity index (χ2v) is 5.11. The maximum Gasteiger partial charge on any atom is 0.293 e. The minimum Gasteiger partial charge on any atom is -0.465 e. The Bertz CT molecular complexity index is 177. The summed E-state index contributed by atoms with van der Waals surface area (Å²) in [5.41, 5.74) is 0. The van der Waals surface area contributed by atoms with Gasteiger partial charge in [0.2, 0.25) is 0 Å². The van der Waals surface area contributed by atoms with Crippen molar-refractivity contribution in [2.75, 3.05) is 0 Å². The van der Waals surface area contributed by atoms with E-state index in [2.05, 4.69) is 13.8 Å². The molecule has 0 aliphatic heterocycles. The van der Waals surface area contributed by atoms with Crippen LogP contribution in [0.15, 0.2) is 0 Å². The summed E-state index contributed by atoms with van der Waals surface area (Å²) in [5.74, 6) is 1.79. The molecule has 0 spiro atoms. The van der Waals surface area contributed by atoms with Crippen molar-refractivity contribution in [3.05, 3.63) is 0 Å². The Hall–Kier alpha value is -0.530. The molecule has 1 fully saturated rings. The average molecular weight is 226 g/mol. The fraction of sp³-hybridized carbons (Fsp3) is 0.929. The molecule has 1 aliphatic rings. The van der Waals surface area contributed by atoms with E-state index in [1.165, 1.54) is 38.5 Å². The van der Waals surface area contributed by atoms with E-state index in [9.17, 15) is 4.79 Å². The minimum atomic E-state index is 0.206. The molecule has 0 aromatic carbocycles. The zero-order chi connectivity index (χ0) is 11.8. The van der Waals surface area contributed by atoms with E-state index in [4.69, 9.17) is 4.74 Å². The third-order valence-corrected chi connectivity index (χ3v) is 3.95. The van der Waals surface area contributed by atoms with Gasteiger partial charge in [-0.1, -0.05) is 39.5 Å². The molecule has 16 heavy (non-hydrogen) atoms. The molecule has 0 radical (unpaired) electrons. The molecule has 0 bridgehead atoms. The lowest BCUT2D eigenvalue weighted by molar-refractivity contribution is -0.135. The summed E-state index contributed by atoms with van der Waals surface area (Å²) in [6.07, 6.45) is 10.2. The quantitative estimate of drug-likeness (QED) is 0.615. The highest BCUT2D eigenvalue weighted by atomic mass is 16.5. The third kappa shape index (κ3) is 4.15. The first-order chi connectivity index (χ1) is 7.81. The Kier molecular flexibility index (Phi) is 6.51. The molecule has 94 valence electrons. The van der Waals surface area contributed by atoms with Crippen LogP contribution in [-0.4, -0.2) is 12.6 Å². The largest absolute Gasteiger partial charge is 0.465 e. The molecule has 0 aromatic rings. The first-order valence-electron chi connectivity index (χ1n) is 6.90. The van der Waals surface area contributed by atoms with Crippen molar-refractivity contribution < 1.29 is 9.53 Å². The van der Waals surface area contributed by atoms with Crippen LogP contribution in [0.5, 0.6) is 0 Å². The number of ether oxygens (including phenoxy) is 1. The van der Waals surface area contributed by atoms with Crippen LogP contribution in [-0.2, 0) is 9.53 Å². The van der Waals surface area contributed by atoms with Gasteiger partial charge in [0, 0.05) is 0 Å². The van der Waals surface area contributed by atoms with Crippen molar-refractivity contribution in [1.82, 2.24) is 0 Å². The minimum absolute atomic E-state index is 0.206. The van der Waals surface area contributed by atoms with Gasteiger partial charge in [0.1, 0.15) is 6.10 Å². The fourth-order valence-electron chi connectivity index (χ4n) is 3.13. The molecule has 1 saturated carbocycles. The van der Waals surface area contributed by atoms with Crippen molar-refractivity contribution in [3.8, 4) is 0 Å². The van der Waals surface area contributed by atoms with Crippen LogP contribution in [0, 0.1) is 11.8 Å². The highest BCUT2D eigenvalue weighted by molar-refractivity contribution is 5.37. The average Bonchev–Trinajstić information content (AvgIpc) is 2.30. The Morgan fingerprint density at radius 3 is 2.12 bits per heavy atom. The number of rotatable bonds is 7. The maximum atomic E-state index is 10.3. The van der Waals surface area contributed by atoms with Crippen LogP contribution >= 0.6 is 0 Å². The summed E-state index contributed by atoms with van der Waals surface area (Å²) in [7, 11) is 0. The molecule has 2 nitrogen and oxygen atoms in total. The lowest BCUT2D eigenvalue weighted by atomic mass is 9.75. The third-order valence-electron chi connectivity index (χ3n) is 3.95. The van der Waals surface area contributed by atoms with Gasteiger partial charge < -0.3 is 4.74 Å². The van der Waals surface area contributed by atoms with Crippen LogP contribution < -0.4 is 0 Å². The summed E-state index contributed by atoms with van der Waals surface area (Å²) < 4.78 is 5.05. The summed E-state index contributed by atoms with van der Waals surface area (Å²) in [5, 5.41) is 0. The van der Waals surface area contributed by atoms with Crippen LogP contribution in [0.3, 0.4) is 0 Å². The van der Waals surface area contributed by atoms with Crippen molar-refractivity contribution in [2.45, 2.75) is 71.3 Å². The van der Waals surface area contributed by atoms with E-state index in [0.29, 0.717) is 6.47 Å². The summed E-state index contributed by atoms with van der Waals surface area (Å²) in [6, 6.07) is 0. The zero-order valence-electron chi connectivity index (χ0n) is 10.8. The standard InChI is InChI=1S/C14H26O2/c1-3-5-12(6-4-2)13-7-9-14(10-8-13)16-11-15/h11-14H,3-10H2,1-2H3. The van der Waals surface area contributed by atoms with E-state index in [1.54, 1.807) is 0 Å². The molecule has 0 unspecified atom stereocenters. The Morgan fingerprint density at radius 2 is 1.69 bits per heavy atom. The van der Waals surface area contributed by atoms with Gasteiger partial charge in [-0.3, -0.25) is 4.79 Å². The summed E-state index contributed by atoms with van der Waals surface area (Å²) in [4.78, 5) is 10.3. The number of carbonyl (C=O) groups is 1. The number of carbonyl (C=O) groups excluding carboxylic acids is 1. The van der Waals surface area contributed by atoms with Gasteiger partial charge in [0.25, 0.3) is 6.47 Å². The smallest absolute Gasteiger partial charge is 0.293 e. The van der Waals surface area contributed by atoms with Gasteiger partial charge in [0.05, 0.1) is 0 Å². The van der Waals surface area contributed by atoms with Crippen molar-refractivity contribution >= 4 is 6.47 Å². The first kappa shape index (κ1) is 13.5. The predicted octanol–water partition coefficient (Wildman–Crippen LogP) is 3.93. The topological polar surface area (TPSA) is 26.3 Å². The summed E-state index contributed by atoms with van der Waals surface area (Å²) >= 11 is 0. The molecule has 0 amide bonds. The molecule has 0 atom stereocenters. The molecule has 0 aromatic heterocycles. The van der Waals surface area contributed by atoms with Crippen LogP contribution in [0.2, 0.25) is 0 Å². The number of hydrogen-bond donors (Lipinski definition) is 0. The van der Waals surface area contributed by atoms with E-state index < -0.39 is 0 Å². The molecule has 2 heteroatoms. The van der Waals surface area contributed by atoms with Crippen molar-refractivity contribution in [1.29, 1.82) is 0 Å². The van der Waals surface area contributed by atoms with Gasteiger partial charge in [-0.2, -0.15) is 0 Å². The van der Waals surface area contributed by atoms with E-state index in [0.717, 1.165) is 24.7 Å². The zero-order valence-corrected chi connectivity index (χ0v) is 10.8. The molecule has 1 aliphatic carbocycles. The first-order valence-corrected chi connectivity index (χ1v) is 6.90. The van der Waals surface area contributed by atoms with E-state index in [-0.39, 0.29) is 6.10 Å². The summed E-state index contributed by atoms with van der Waals surface area (Å²) in [6.45, 7) is 5.17. The normalized spacial score (nSPS) is 25.7. The Morgan fingerprint density at radius 1 is 1.12 bits per heavy atom. The molecule has 0 N–H and O–H groups in total. The van der Waals surface area contributed by atoms with Gasteiger partial charge in [-0.05, 0) is 37.5 Å². The van der Waals surface area contributed by atoms with Gasteiger partial charge in [-0.25, -0.2) is 0 Å². The van der Waals surface area contributed by atoms with Gasteiger partial charge in [0.15, 0.2) is 0 Å². The lowest BCUT2D eigenvalue weighted by Gasteiger charge is -2.33. The molecular weight excluding hydrogens is 200 g/mol. The monoisotopic (exact) mass is 226 g/mol. The van der Waals surface area contributed by atoms with Gasteiger partial charge >= 0.3 is 0 Å². The predicted molar refractivity (Wildman–Crippen MR) is 66.2 cm³/mol.